The summed E-state index contributed by atoms with van der Waals surface area (Å²) in [5.41, 5.74) is 0.988. The molecule has 0 saturated carbocycles. The van der Waals surface area contributed by atoms with Crippen LogP contribution in [0.1, 0.15) is 20.7 Å². The van der Waals surface area contributed by atoms with Crippen molar-refractivity contribution in [2.45, 2.75) is 0 Å². The molecule has 0 amide bonds. The van der Waals surface area contributed by atoms with Crippen LogP contribution < -0.4 is 4.90 Å². The number of carboxylic acids is 1. The van der Waals surface area contributed by atoms with Gasteiger partial charge in [0.05, 0.1) is 5.56 Å². The SMILES string of the molecule is CN(C)c1ccc(C=O)c(C(=O)O)c1. The maximum absolute atomic E-state index is 10.8. The smallest absolute Gasteiger partial charge is 0.336 e. The van der Waals surface area contributed by atoms with Gasteiger partial charge in [-0.3, -0.25) is 4.79 Å². The highest BCUT2D eigenvalue weighted by Crippen LogP contribution is 2.16. The first-order chi connectivity index (χ1) is 6.56. The molecule has 0 unspecified atom stereocenters. The molecule has 0 radical (unpaired) electrons. The van der Waals surface area contributed by atoms with Crippen LogP contribution in [0.3, 0.4) is 0 Å². The molecule has 1 N–H and O–H groups in total. The number of aromatic carboxylic acids is 1. The van der Waals surface area contributed by atoms with Crippen LogP contribution in [0.15, 0.2) is 18.2 Å². The van der Waals surface area contributed by atoms with Gasteiger partial charge >= 0.3 is 5.97 Å². The number of hydrogen-bond acceptors (Lipinski definition) is 3. The van der Waals surface area contributed by atoms with E-state index in [0.717, 1.165) is 5.69 Å². The fraction of sp³-hybridized carbons (Fsp3) is 0.200. The summed E-state index contributed by atoms with van der Waals surface area (Å²) < 4.78 is 0. The summed E-state index contributed by atoms with van der Waals surface area (Å²) in [6.07, 6.45) is 0.545. The van der Waals surface area contributed by atoms with Crippen molar-refractivity contribution in [3.05, 3.63) is 29.3 Å². The first kappa shape index (κ1) is 10.2. The van der Waals surface area contributed by atoms with Crippen molar-refractivity contribution in [1.29, 1.82) is 0 Å². The average Bonchev–Trinajstić information content (AvgIpc) is 2.16. The first-order valence-corrected chi connectivity index (χ1v) is 4.06. The van der Waals surface area contributed by atoms with Crippen molar-refractivity contribution in [1.82, 2.24) is 0 Å². The van der Waals surface area contributed by atoms with Crippen molar-refractivity contribution >= 4 is 17.9 Å². The van der Waals surface area contributed by atoms with Crippen LogP contribution in [0.4, 0.5) is 5.69 Å². The molecule has 74 valence electrons. The van der Waals surface area contributed by atoms with Crippen LogP contribution in [-0.4, -0.2) is 31.5 Å². The second kappa shape index (κ2) is 3.91. The Balaban J connectivity index is 3.27. The number of carbonyl (C=O) groups is 2. The molecule has 0 heterocycles. The fourth-order valence-corrected chi connectivity index (χ4v) is 1.11. The molecule has 0 aliphatic heterocycles. The Kier molecular flexibility index (Phi) is 2.86. The summed E-state index contributed by atoms with van der Waals surface area (Å²) in [6.45, 7) is 0. The maximum atomic E-state index is 10.8. The van der Waals surface area contributed by atoms with Crippen LogP contribution in [0, 0.1) is 0 Å². The molecule has 0 aliphatic carbocycles. The lowest BCUT2D eigenvalue weighted by molar-refractivity contribution is 0.0694. The lowest BCUT2D eigenvalue weighted by Crippen LogP contribution is -2.11. The van der Waals surface area contributed by atoms with E-state index in [1.165, 1.54) is 12.1 Å². The second-order valence-corrected chi connectivity index (χ2v) is 3.09. The van der Waals surface area contributed by atoms with Crippen molar-refractivity contribution in [2.24, 2.45) is 0 Å². The molecule has 0 atom stereocenters. The van der Waals surface area contributed by atoms with Gasteiger partial charge in [0.25, 0.3) is 0 Å². The molecule has 4 heteroatoms. The summed E-state index contributed by atoms with van der Waals surface area (Å²) in [4.78, 5) is 23.1. The number of nitrogens with zero attached hydrogens (tertiary/aromatic N) is 1. The minimum absolute atomic E-state index is 0.0335. The van der Waals surface area contributed by atoms with Gasteiger partial charge < -0.3 is 10.0 Å². The summed E-state index contributed by atoms with van der Waals surface area (Å²) in [5, 5.41) is 8.83. The molecule has 0 bridgehead atoms. The molecule has 1 aromatic rings. The van der Waals surface area contributed by atoms with Crippen LogP contribution in [-0.2, 0) is 0 Å². The number of carbonyl (C=O) groups excluding carboxylic acids is 1. The molecule has 0 fully saturated rings. The summed E-state index contributed by atoms with van der Waals surface area (Å²) in [6, 6.07) is 4.69. The molecular weight excluding hydrogens is 182 g/mol. The molecule has 0 saturated heterocycles. The third kappa shape index (κ3) is 1.90. The van der Waals surface area contributed by atoms with Gasteiger partial charge in [-0.1, -0.05) is 0 Å². The Morgan fingerprint density at radius 2 is 2.07 bits per heavy atom. The maximum Gasteiger partial charge on any atom is 0.336 e. The molecule has 0 aromatic heterocycles. The number of benzene rings is 1. The number of anilines is 1. The van der Waals surface area contributed by atoms with Gasteiger partial charge in [-0.15, -0.1) is 0 Å². The molecule has 1 aromatic carbocycles. The van der Waals surface area contributed by atoms with Gasteiger partial charge in [0, 0.05) is 25.3 Å². The lowest BCUT2D eigenvalue weighted by atomic mass is 10.1. The highest BCUT2D eigenvalue weighted by molar-refractivity contribution is 5.98. The molecular formula is C10H11NO3. The second-order valence-electron chi connectivity index (χ2n) is 3.09. The zero-order chi connectivity index (χ0) is 10.7. The van der Waals surface area contributed by atoms with Crippen LogP contribution in [0.5, 0.6) is 0 Å². The van der Waals surface area contributed by atoms with E-state index in [1.54, 1.807) is 11.0 Å². The number of hydrogen-bond donors (Lipinski definition) is 1. The predicted molar refractivity (Wildman–Crippen MR) is 53.1 cm³/mol. The van der Waals surface area contributed by atoms with E-state index in [9.17, 15) is 9.59 Å². The summed E-state index contributed by atoms with van der Waals surface area (Å²) in [7, 11) is 3.61. The zero-order valence-electron chi connectivity index (χ0n) is 8.02. The van der Waals surface area contributed by atoms with Crippen molar-refractivity contribution in [3.63, 3.8) is 0 Å². The molecule has 4 nitrogen and oxygen atoms in total. The van der Waals surface area contributed by atoms with Crippen molar-refractivity contribution in [3.8, 4) is 0 Å². The largest absolute Gasteiger partial charge is 0.478 e. The summed E-state index contributed by atoms with van der Waals surface area (Å²) in [5.74, 6) is -1.09. The Labute approximate surface area is 81.8 Å². The van der Waals surface area contributed by atoms with Crippen molar-refractivity contribution < 1.29 is 14.7 Å². The van der Waals surface area contributed by atoms with Gasteiger partial charge in [-0.25, -0.2) is 4.79 Å². The van der Waals surface area contributed by atoms with E-state index < -0.39 is 5.97 Å². The molecule has 0 spiro atoms. The number of aldehydes is 1. The van der Waals surface area contributed by atoms with Gasteiger partial charge in [-0.2, -0.15) is 0 Å². The standard InChI is InChI=1S/C10H11NO3/c1-11(2)8-4-3-7(6-12)9(5-8)10(13)14/h3-6H,1-2H3,(H,13,14). The van der Waals surface area contributed by atoms with Crippen LogP contribution >= 0.6 is 0 Å². The van der Waals surface area contributed by atoms with Crippen LogP contribution in [0.25, 0.3) is 0 Å². The van der Waals surface area contributed by atoms with Gasteiger partial charge in [0.2, 0.25) is 0 Å². The van der Waals surface area contributed by atoms with Crippen molar-refractivity contribution in [2.75, 3.05) is 19.0 Å². The highest BCUT2D eigenvalue weighted by Gasteiger charge is 2.10. The monoisotopic (exact) mass is 193 g/mol. The van der Waals surface area contributed by atoms with E-state index >= 15 is 0 Å². The Hall–Kier alpha value is -1.84. The third-order valence-electron chi connectivity index (χ3n) is 1.91. The van der Waals surface area contributed by atoms with Crippen LogP contribution in [0.2, 0.25) is 0 Å². The molecule has 14 heavy (non-hydrogen) atoms. The summed E-state index contributed by atoms with van der Waals surface area (Å²) >= 11 is 0. The molecule has 1 rings (SSSR count). The topological polar surface area (TPSA) is 57.6 Å². The Morgan fingerprint density at radius 3 is 2.50 bits per heavy atom. The third-order valence-corrected chi connectivity index (χ3v) is 1.91. The van der Waals surface area contributed by atoms with E-state index in [1.807, 2.05) is 14.1 Å². The fourth-order valence-electron chi connectivity index (χ4n) is 1.11. The van der Waals surface area contributed by atoms with E-state index in [-0.39, 0.29) is 11.1 Å². The van der Waals surface area contributed by atoms with E-state index in [4.69, 9.17) is 5.11 Å². The molecule has 0 aliphatic rings. The zero-order valence-corrected chi connectivity index (χ0v) is 8.02. The number of carboxylic acid groups (broad SMARTS) is 1. The van der Waals surface area contributed by atoms with Gasteiger partial charge in [0.15, 0.2) is 6.29 Å². The average molecular weight is 193 g/mol. The minimum atomic E-state index is -1.09. The predicted octanol–water partition coefficient (Wildman–Crippen LogP) is 1.26. The quantitative estimate of drug-likeness (QED) is 0.734. The lowest BCUT2D eigenvalue weighted by Gasteiger charge is -2.13. The Bertz CT molecular complexity index is 372. The van der Waals surface area contributed by atoms with E-state index in [2.05, 4.69) is 0 Å². The first-order valence-electron chi connectivity index (χ1n) is 4.06. The Morgan fingerprint density at radius 1 is 1.43 bits per heavy atom. The highest BCUT2D eigenvalue weighted by atomic mass is 16.4. The van der Waals surface area contributed by atoms with Gasteiger partial charge in [-0.05, 0) is 18.2 Å². The minimum Gasteiger partial charge on any atom is -0.478 e. The van der Waals surface area contributed by atoms with E-state index in [0.29, 0.717) is 6.29 Å². The number of rotatable bonds is 3. The van der Waals surface area contributed by atoms with Gasteiger partial charge in [0.1, 0.15) is 0 Å². The normalized spacial score (nSPS) is 9.57.